The molecule has 3 aromatic rings. The van der Waals surface area contributed by atoms with Crippen LogP contribution < -0.4 is 5.32 Å². The highest BCUT2D eigenvalue weighted by molar-refractivity contribution is 7.15. The number of anilines is 2. The quantitative estimate of drug-likeness (QED) is 0.720. The summed E-state index contributed by atoms with van der Waals surface area (Å²) in [5.74, 6) is 0.756. The van der Waals surface area contributed by atoms with Crippen molar-refractivity contribution in [3.05, 3.63) is 34.8 Å². The van der Waals surface area contributed by atoms with Gasteiger partial charge in [0.1, 0.15) is 5.60 Å². The zero-order valence-corrected chi connectivity index (χ0v) is 16.8. The molecule has 1 N–H and O–H groups in total. The zero-order valence-electron chi connectivity index (χ0n) is 15.9. The number of rotatable bonds is 2. The zero-order chi connectivity index (χ0) is 19.2. The monoisotopic (exact) mass is 385 g/mol. The van der Waals surface area contributed by atoms with Crippen LogP contribution in [0, 0.1) is 0 Å². The van der Waals surface area contributed by atoms with Gasteiger partial charge in [0.25, 0.3) is 0 Å². The molecular weight excluding hydrogens is 362 g/mol. The maximum atomic E-state index is 12.3. The Hall–Kier alpha value is -2.61. The largest absolute Gasteiger partial charge is 0.444 e. The third-order valence-electron chi connectivity index (χ3n) is 4.39. The predicted molar refractivity (Wildman–Crippen MR) is 106 cm³/mol. The Kier molecular flexibility index (Phi) is 4.30. The second kappa shape index (κ2) is 6.53. The molecule has 0 spiro atoms. The molecule has 0 radical (unpaired) electrons. The normalized spacial score (nSPS) is 14.3. The molecule has 0 fully saturated rings. The summed E-state index contributed by atoms with van der Waals surface area (Å²) in [6.45, 7) is 6.80. The van der Waals surface area contributed by atoms with Gasteiger partial charge in [-0.1, -0.05) is 23.5 Å². The van der Waals surface area contributed by atoms with Crippen molar-refractivity contribution in [3.8, 4) is 0 Å². The molecule has 0 bridgehead atoms. The Morgan fingerprint density at radius 2 is 2.04 bits per heavy atom. The fourth-order valence-corrected chi connectivity index (χ4v) is 4.10. The Morgan fingerprint density at radius 1 is 1.26 bits per heavy atom. The van der Waals surface area contributed by atoms with Gasteiger partial charge in [-0.3, -0.25) is 0 Å². The van der Waals surface area contributed by atoms with Crippen LogP contribution in [-0.4, -0.2) is 37.7 Å². The van der Waals surface area contributed by atoms with Crippen LogP contribution in [0.25, 0.3) is 11.0 Å². The van der Waals surface area contributed by atoms with Crippen LogP contribution in [0.5, 0.6) is 0 Å². The first kappa shape index (κ1) is 17.8. The highest BCUT2D eigenvalue weighted by Gasteiger charge is 2.28. The van der Waals surface area contributed by atoms with Gasteiger partial charge < -0.3 is 19.5 Å². The minimum absolute atomic E-state index is 0.272. The van der Waals surface area contributed by atoms with Gasteiger partial charge in [-0.05, 0) is 32.9 Å². The van der Waals surface area contributed by atoms with E-state index in [1.54, 1.807) is 16.2 Å². The lowest BCUT2D eigenvalue weighted by Crippen LogP contribution is -2.39. The van der Waals surface area contributed by atoms with E-state index in [4.69, 9.17) is 9.72 Å². The van der Waals surface area contributed by atoms with Gasteiger partial charge in [-0.15, -0.1) is 0 Å². The molecule has 1 aliphatic heterocycles. The van der Waals surface area contributed by atoms with Crippen molar-refractivity contribution in [1.29, 1.82) is 0 Å². The molecule has 0 unspecified atom stereocenters. The van der Waals surface area contributed by atoms with Crippen LogP contribution in [0.1, 0.15) is 31.3 Å². The topological polar surface area (TPSA) is 72.3 Å². The molecular formula is C19H23N5O2S. The molecule has 7 nitrogen and oxygen atoms in total. The van der Waals surface area contributed by atoms with Crippen molar-refractivity contribution >= 4 is 39.5 Å². The van der Waals surface area contributed by atoms with Crippen molar-refractivity contribution < 1.29 is 9.53 Å². The number of benzene rings is 1. The van der Waals surface area contributed by atoms with Crippen molar-refractivity contribution in [3.63, 3.8) is 0 Å². The number of fused-ring (bicyclic) bond motifs is 2. The Morgan fingerprint density at radius 3 is 2.78 bits per heavy atom. The minimum Gasteiger partial charge on any atom is -0.444 e. The molecule has 27 heavy (non-hydrogen) atoms. The SMILES string of the molecule is Cn1c(Nc2nc3c(s2)CN(C(=O)OC(C)(C)C)CC3)nc2ccccc21. The molecule has 0 saturated heterocycles. The first-order valence-electron chi connectivity index (χ1n) is 8.95. The van der Waals surface area contributed by atoms with Gasteiger partial charge in [0, 0.05) is 24.9 Å². The molecule has 8 heteroatoms. The number of imidazole rings is 1. The maximum absolute atomic E-state index is 12.3. The van der Waals surface area contributed by atoms with Gasteiger partial charge in [0.15, 0.2) is 5.13 Å². The van der Waals surface area contributed by atoms with E-state index >= 15 is 0 Å². The van der Waals surface area contributed by atoms with Crippen molar-refractivity contribution in [1.82, 2.24) is 19.4 Å². The van der Waals surface area contributed by atoms with Gasteiger partial charge in [0.05, 0.1) is 23.3 Å². The van der Waals surface area contributed by atoms with Gasteiger partial charge in [-0.25, -0.2) is 14.8 Å². The number of carbonyl (C=O) groups excluding carboxylic acids is 1. The lowest BCUT2D eigenvalue weighted by Gasteiger charge is -2.29. The number of ether oxygens (including phenoxy) is 1. The number of aromatic nitrogens is 3. The highest BCUT2D eigenvalue weighted by atomic mass is 32.1. The second-order valence-electron chi connectivity index (χ2n) is 7.65. The molecule has 0 atom stereocenters. The van der Waals surface area contributed by atoms with Crippen molar-refractivity contribution in [2.45, 2.75) is 39.3 Å². The number of thiazole rings is 1. The average Bonchev–Trinajstić information content (AvgIpc) is 3.14. The summed E-state index contributed by atoms with van der Waals surface area (Å²) >= 11 is 1.56. The summed E-state index contributed by atoms with van der Waals surface area (Å²) in [5, 5.41) is 4.12. The van der Waals surface area contributed by atoms with Crippen LogP contribution in [-0.2, 0) is 24.8 Å². The summed E-state index contributed by atoms with van der Waals surface area (Å²) in [6, 6.07) is 8.01. The summed E-state index contributed by atoms with van der Waals surface area (Å²) < 4.78 is 7.50. The molecule has 0 aliphatic carbocycles. The number of aryl methyl sites for hydroxylation is 1. The van der Waals surface area contributed by atoms with Crippen LogP contribution in [0.15, 0.2) is 24.3 Å². The fourth-order valence-electron chi connectivity index (χ4n) is 3.08. The third-order valence-corrected chi connectivity index (χ3v) is 5.39. The third kappa shape index (κ3) is 3.62. The van der Waals surface area contributed by atoms with E-state index in [0.29, 0.717) is 13.1 Å². The van der Waals surface area contributed by atoms with Crippen molar-refractivity contribution in [2.75, 3.05) is 11.9 Å². The van der Waals surface area contributed by atoms with E-state index in [1.807, 2.05) is 56.7 Å². The summed E-state index contributed by atoms with van der Waals surface area (Å²) in [6.07, 6.45) is 0.460. The van der Waals surface area contributed by atoms with Crippen molar-refractivity contribution in [2.24, 2.45) is 7.05 Å². The molecule has 4 rings (SSSR count). The Bertz CT molecular complexity index is 1000. The molecule has 3 heterocycles. The standard InChI is InChI=1S/C19H23N5O2S/c1-19(2,3)26-18(25)24-10-9-13-15(11-24)27-17(21-13)22-16-20-12-7-5-6-8-14(12)23(16)4/h5-8H,9-11H2,1-4H3,(H,20,21,22). The van der Waals surface area contributed by atoms with E-state index in [9.17, 15) is 4.79 Å². The number of nitrogens with one attached hydrogen (secondary N) is 1. The number of amides is 1. The molecule has 0 saturated carbocycles. The first-order chi connectivity index (χ1) is 12.8. The number of carbonyl (C=O) groups is 1. The highest BCUT2D eigenvalue weighted by Crippen LogP contribution is 2.31. The van der Waals surface area contributed by atoms with Crippen LogP contribution in [0.3, 0.4) is 0 Å². The summed E-state index contributed by atoms with van der Waals surface area (Å²) in [7, 11) is 1.98. The second-order valence-corrected chi connectivity index (χ2v) is 8.73. The summed E-state index contributed by atoms with van der Waals surface area (Å²) in [4.78, 5) is 24.5. The Balaban J connectivity index is 1.51. The van der Waals surface area contributed by atoms with Crippen LogP contribution >= 0.6 is 11.3 Å². The lowest BCUT2D eigenvalue weighted by atomic mass is 10.2. The number of hydrogen-bond acceptors (Lipinski definition) is 6. The molecule has 1 aromatic carbocycles. The molecule has 1 aliphatic rings. The van der Waals surface area contributed by atoms with Gasteiger partial charge in [0.2, 0.25) is 5.95 Å². The lowest BCUT2D eigenvalue weighted by molar-refractivity contribution is 0.0225. The van der Waals surface area contributed by atoms with Crippen LogP contribution in [0.4, 0.5) is 15.9 Å². The van der Waals surface area contributed by atoms with Gasteiger partial charge >= 0.3 is 6.09 Å². The van der Waals surface area contributed by atoms with E-state index < -0.39 is 5.60 Å². The van der Waals surface area contributed by atoms with Gasteiger partial charge in [-0.2, -0.15) is 0 Å². The smallest absolute Gasteiger partial charge is 0.410 e. The molecule has 142 valence electrons. The first-order valence-corrected chi connectivity index (χ1v) is 9.77. The van der Waals surface area contributed by atoms with E-state index in [0.717, 1.165) is 39.1 Å². The maximum Gasteiger partial charge on any atom is 0.410 e. The number of hydrogen-bond donors (Lipinski definition) is 1. The fraction of sp³-hybridized carbons (Fsp3) is 0.421. The number of nitrogens with zero attached hydrogens (tertiary/aromatic N) is 4. The Labute approximate surface area is 162 Å². The van der Waals surface area contributed by atoms with Crippen LogP contribution in [0.2, 0.25) is 0 Å². The van der Waals surface area contributed by atoms with E-state index in [1.165, 1.54) is 0 Å². The minimum atomic E-state index is -0.488. The number of para-hydroxylation sites is 2. The summed E-state index contributed by atoms with van der Waals surface area (Å²) in [5.41, 5.74) is 2.57. The van der Waals surface area contributed by atoms with E-state index in [-0.39, 0.29) is 6.09 Å². The van der Waals surface area contributed by atoms with E-state index in [2.05, 4.69) is 10.3 Å². The predicted octanol–water partition coefficient (Wildman–Crippen LogP) is 4.07. The average molecular weight is 385 g/mol. The molecule has 1 amide bonds. The molecule has 2 aromatic heterocycles.